The van der Waals surface area contributed by atoms with E-state index in [1.165, 1.54) is 0 Å². The van der Waals surface area contributed by atoms with E-state index in [4.69, 9.17) is 23.5 Å². The van der Waals surface area contributed by atoms with Crippen LogP contribution in [0.15, 0.2) is 0 Å². The lowest BCUT2D eigenvalue weighted by Gasteiger charge is -2.17. The molecule has 0 heterocycles. The summed E-state index contributed by atoms with van der Waals surface area (Å²) in [5, 5.41) is 0. The van der Waals surface area contributed by atoms with E-state index in [0.29, 0.717) is 8.58 Å². The third-order valence-corrected chi connectivity index (χ3v) is 1.45. The third-order valence-electron chi connectivity index (χ3n) is 0.483. The molecule has 0 fully saturated rings. The van der Waals surface area contributed by atoms with Gasteiger partial charge in [0.15, 0.2) is 0 Å². The number of hydrogen-bond acceptors (Lipinski definition) is 0. The van der Waals surface area contributed by atoms with Gasteiger partial charge < -0.3 is 0 Å². The van der Waals surface area contributed by atoms with E-state index in [9.17, 15) is 0 Å². The van der Waals surface area contributed by atoms with E-state index in [2.05, 4.69) is 0 Å². The molecule has 0 spiro atoms. The molecule has 0 aliphatic heterocycles. The molecule has 6 radical (unpaired) electrons. The summed E-state index contributed by atoms with van der Waals surface area (Å²) in [6.07, 6.45) is 0.962. The van der Waals surface area contributed by atoms with Crippen molar-refractivity contribution in [3.05, 3.63) is 0 Å². The molecule has 0 nitrogen and oxygen atoms in total. The summed E-state index contributed by atoms with van der Waals surface area (Å²) in [6, 6.07) is 0. The van der Waals surface area contributed by atoms with Gasteiger partial charge in [-0.1, -0.05) is 6.92 Å². The quantitative estimate of drug-likeness (QED) is 0.337. The van der Waals surface area contributed by atoms with Crippen LogP contribution >= 0.6 is 8.58 Å². The minimum absolute atomic E-state index is 0.458. The summed E-state index contributed by atoms with van der Waals surface area (Å²) < 4.78 is 0. The van der Waals surface area contributed by atoms with E-state index in [-0.39, 0.29) is 0 Å². The van der Waals surface area contributed by atoms with Crippen LogP contribution in [0.4, 0.5) is 0 Å². The molecule has 0 aliphatic carbocycles. The molecule has 4 heteroatoms. The fourth-order valence-corrected chi connectivity index (χ4v) is 0.919. The van der Waals surface area contributed by atoms with Crippen molar-refractivity contribution < 1.29 is 0 Å². The summed E-state index contributed by atoms with van der Waals surface area (Å²) in [7, 11) is 16.1. The van der Waals surface area contributed by atoms with Crippen LogP contribution in [0.3, 0.4) is 0 Å². The normalized spacial score (nSPS) is 13.3. The molecule has 0 aromatic carbocycles. The van der Waals surface area contributed by atoms with E-state index in [1.807, 2.05) is 6.92 Å². The zero-order chi connectivity index (χ0) is 5.91. The first kappa shape index (κ1) is 7.62. The van der Waals surface area contributed by atoms with Crippen LogP contribution in [-0.2, 0) is 0 Å². The van der Waals surface area contributed by atoms with Gasteiger partial charge in [0.05, 0.1) is 23.5 Å². The molecule has 0 saturated heterocycles. The smallest absolute Gasteiger partial charge is 0.0558 e. The Morgan fingerprint density at radius 3 is 1.86 bits per heavy atom. The highest BCUT2D eigenvalue weighted by Gasteiger charge is 2.04. The Kier molecular flexibility index (Phi) is 3.07. The second-order valence-corrected chi connectivity index (χ2v) is 3.39. The van der Waals surface area contributed by atoms with Gasteiger partial charge in [-0.15, -0.1) is 13.4 Å². The molecule has 0 N–H and O–H groups in total. The molecule has 0 aromatic rings. The molecule has 0 bridgehead atoms. The number of rotatable bonds is 2. The first-order chi connectivity index (χ1) is 3.06. The minimum Gasteiger partial charge on any atom is -0.142 e. The van der Waals surface area contributed by atoms with Crippen molar-refractivity contribution in [2.24, 2.45) is 0 Å². The average Bonchev–Trinajstić information content (AvgIpc) is 1.30. The van der Waals surface area contributed by atoms with Crippen molar-refractivity contribution in [3.8, 4) is 0 Å². The zero-order valence-electron chi connectivity index (χ0n) is 4.44. The monoisotopic (exact) mass is 106 g/mol. The van der Waals surface area contributed by atoms with Crippen LogP contribution < -0.4 is 0 Å². The van der Waals surface area contributed by atoms with Gasteiger partial charge in [0, 0.05) is 0 Å². The maximum atomic E-state index is 5.21. The lowest BCUT2D eigenvalue weighted by Crippen LogP contribution is -2.23. The van der Waals surface area contributed by atoms with Crippen LogP contribution in [-0.4, -0.2) is 34.6 Å². The molecule has 0 saturated carbocycles. The van der Waals surface area contributed by atoms with E-state index >= 15 is 0 Å². The van der Waals surface area contributed by atoms with Gasteiger partial charge in [-0.05, 0) is 6.16 Å². The molecule has 1 atom stereocenters. The highest BCUT2D eigenvalue weighted by Crippen LogP contribution is 2.20. The van der Waals surface area contributed by atoms with Crippen LogP contribution in [0, 0.1) is 0 Å². The van der Waals surface area contributed by atoms with Crippen LogP contribution in [0.25, 0.3) is 0 Å². The fourth-order valence-electron chi connectivity index (χ4n) is 0.306. The maximum absolute atomic E-state index is 5.21. The van der Waals surface area contributed by atoms with E-state index < -0.39 is 4.85 Å². The first-order valence-electron chi connectivity index (χ1n) is 2.18. The number of hydrogen-bond donors (Lipinski definition) is 0. The largest absolute Gasteiger partial charge is 0.142 e. The topological polar surface area (TPSA) is 0 Å². The average molecular weight is 105 g/mol. The van der Waals surface area contributed by atoms with Crippen molar-refractivity contribution in [1.82, 2.24) is 0 Å². The maximum Gasteiger partial charge on any atom is 0.0558 e. The molecule has 32 valence electrons. The first-order valence-corrected chi connectivity index (χ1v) is 3.38. The van der Waals surface area contributed by atoms with Gasteiger partial charge >= 0.3 is 0 Å². The van der Waals surface area contributed by atoms with Crippen LogP contribution in [0.1, 0.15) is 6.92 Å². The van der Waals surface area contributed by atoms with Crippen LogP contribution in [0.2, 0.25) is 0 Å². The van der Waals surface area contributed by atoms with Gasteiger partial charge in [-0.25, -0.2) is 0 Å². The second-order valence-electron chi connectivity index (χ2n) is 1.46. The Hall–Kier alpha value is 0.625. The Morgan fingerprint density at radius 2 is 1.86 bits per heavy atom. The molecular weight excluding hydrogens is 99.4 g/mol. The molecule has 0 aromatic heterocycles. The molecular formula is C3H6B3P. The fraction of sp³-hybridized carbons (Fsp3) is 1.00. The summed E-state index contributed by atoms with van der Waals surface area (Å²) in [5.41, 5.74) is 0. The van der Waals surface area contributed by atoms with Crippen molar-refractivity contribution in [2.75, 3.05) is 6.16 Å². The Morgan fingerprint density at radius 1 is 1.43 bits per heavy atom. The molecule has 1 unspecified atom stereocenters. The summed E-state index contributed by atoms with van der Waals surface area (Å²) in [6.45, 7) is 2.00. The molecule has 7 heavy (non-hydrogen) atoms. The third kappa shape index (κ3) is 6.62. The van der Waals surface area contributed by atoms with Gasteiger partial charge in [0.25, 0.3) is 0 Å². The predicted octanol–water partition coefficient (Wildman–Crippen LogP) is -0.198. The van der Waals surface area contributed by atoms with E-state index in [1.54, 1.807) is 0 Å². The van der Waals surface area contributed by atoms with Gasteiger partial charge in [0.1, 0.15) is 0 Å². The highest BCUT2D eigenvalue weighted by molar-refractivity contribution is 7.48. The standard InChI is InChI=1S/C3H6B3P/c1-2-7-3(4,5)6/h7H,2H2,1H3. The highest BCUT2D eigenvalue weighted by atomic mass is 31.1. The summed E-state index contributed by atoms with van der Waals surface area (Å²) >= 11 is 0. The minimum atomic E-state index is -0.922. The van der Waals surface area contributed by atoms with Crippen molar-refractivity contribution in [2.45, 2.75) is 11.8 Å². The van der Waals surface area contributed by atoms with Gasteiger partial charge in [-0.3, -0.25) is 0 Å². The van der Waals surface area contributed by atoms with Crippen molar-refractivity contribution >= 4 is 32.1 Å². The Bertz CT molecular complexity index is 48.6. The summed E-state index contributed by atoms with van der Waals surface area (Å²) in [4.78, 5) is -0.922. The predicted molar refractivity (Wildman–Crippen MR) is 38.8 cm³/mol. The van der Waals surface area contributed by atoms with E-state index in [0.717, 1.165) is 6.16 Å². The second kappa shape index (κ2) is 2.82. The lowest BCUT2D eigenvalue weighted by molar-refractivity contribution is 1.49. The van der Waals surface area contributed by atoms with Crippen molar-refractivity contribution in [1.29, 1.82) is 0 Å². The van der Waals surface area contributed by atoms with Gasteiger partial charge in [-0.2, -0.15) is 0 Å². The van der Waals surface area contributed by atoms with Crippen molar-refractivity contribution in [3.63, 3.8) is 0 Å². The molecule has 0 rings (SSSR count). The summed E-state index contributed by atoms with van der Waals surface area (Å²) in [5.74, 6) is 0. The SMILES string of the molecule is [B]C([B])([B])PCC. The Balaban J connectivity index is 3.15. The lowest BCUT2D eigenvalue weighted by atomic mass is 9.56. The van der Waals surface area contributed by atoms with Gasteiger partial charge in [0.2, 0.25) is 0 Å². The molecule has 0 amide bonds. The zero-order valence-corrected chi connectivity index (χ0v) is 5.44. The van der Waals surface area contributed by atoms with Crippen LogP contribution in [0.5, 0.6) is 0 Å². The Labute approximate surface area is 50.8 Å². The molecule has 0 aliphatic rings.